The molecule has 5 nitrogen and oxygen atoms in total. The molecule has 0 aliphatic heterocycles. The third-order valence-corrected chi connectivity index (χ3v) is 6.13. The van der Waals surface area contributed by atoms with Crippen LogP contribution in [0.5, 0.6) is 0 Å². The molecule has 6 heteroatoms. The molecular formula is C21H23NO4S. The Hall–Kier alpha value is -2.44. The van der Waals surface area contributed by atoms with Crippen molar-refractivity contribution in [3.63, 3.8) is 0 Å². The van der Waals surface area contributed by atoms with Crippen LogP contribution in [0, 0.1) is 0 Å². The molecular weight excluding hydrogens is 362 g/mol. The minimum Gasteiger partial charge on any atom is -0.463 e. The molecule has 142 valence electrons. The number of fused-ring (bicyclic) bond motifs is 1. The zero-order valence-corrected chi connectivity index (χ0v) is 16.3. The molecule has 0 heterocycles. The predicted octanol–water partition coefficient (Wildman–Crippen LogP) is 3.10. The summed E-state index contributed by atoms with van der Waals surface area (Å²) in [5.41, 5.74) is 3.99. The summed E-state index contributed by atoms with van der Waals surface area (Å²) in [5, 5.41) is 0. The summed E-state index contributed by atoms with van der Waals surface area (Å²) in [7, 11) is -3.53. The van der Waals surface area contributed by atoms with E-state index in [0.717, 1.165) is 22.3 Å². The number of hydrogen-bond donors (Lipinski definition) is 1. The van der Waals surface area contributed by atoms with Gasteiger partial charge in [-0.05, 0) is 61.1 Å². The van der Waals surface area contributed by atoms with Gasteiger partial charge in [0.15, 0.2) is 0 Å². The van der Waals surface area contributed by atoms with Gasteiger partial charge in [0.2, 0.25) is 10.0 Å². The van der Waals surface area contributed by atoms with Gasteiger partial charge in [-0.2, -0.15) is 0 Å². The first-order chi connectivity index (χ1) is 12.9. The van der Waals surface area contributed by atoms with Gasteiger partial charge in [-0.1, -0.05) is 36.4 Å². The molecule has 1 atom stereocenters. The van der Waals surface area contributed by atoms with E-state index in [2.05, 4.69) is 4.72 Å². The Bertz CT molecular complexity index is 965. The van der Waals surface area contributed by atoms with E-state index in [0.29, 0.717) is 19.4 Å². The van der Waals surface area contributed by atoms with Crippen molar-refractivity contribution in [2.75, 3.05) is 6.61 Å². The molecule has 0 amide bonds. The Kier molecular flexibility index (Phi) is 5.77. The summed E-state index contributed by atoms with van der Waals surface area (Å²) in [6, 6.07) is 14.2. The molecule has 27 heavy (non-hydrogen) atoms. The van der Waals surface area contributed by atoms with Crippen LogP contribution in [0.2, 0.25) is 0 Å². The van der Waals surface area contributed by atoms with Gasteiger partial charge in [-0.25, -0.2) is 17.9 Å². The molecule has 2 aromatic rings. The summed E-state index contributed by atoms with van der Waals surface area (Å²) in [5.74, 6) is -0.357. The van der Waals surface area contributed by atoms with Crippen molar-refractivity contribution in [1.29, 1.82) is 0 Å². The molecule has 0 bridgehead atoms. The second-order valence-corrected chi connectivity index (χ2v) is 8.32. The highest BCUT2D eigenvalue weighted by Gasteiger charge is 2.26. The second kappa shape index (κ2) is 8.06. The van der Waals surface area contributed by atoms with Crippen LogP contribution in [0.1, 0.15) is 30.5 Å². The molecule has 0 saturated carbocycles. The highest BCUT2D eigenvalue weighted by molar-refractivity contribution is 7.89. The summed E-state index contributed by atoms with van der Waals surface area (Å²) >= 11 is 0. The van der Waals surface area contributed by atoms with Crippen molar-refractivity contribution in [3.8, 4) is 0 Å². The molecule has 2 aromatic carbocycles. The van der Waals surface area contributed by atoms with E-state index >= 15 is 0 Å². The topological polar surface area (TPSA) is 72.5 Å². The largest absolute Gasteiger partial charge is 0.463 e. The van der Waals surface area contributed by atoms with Crippen LogP contribution < -0.4 is 4.72 Å². The van der Waals surface area contributed by atoms with Gasteiger partial charge in [0.25, 0.3) is 0 Å². The van der Waals surface area contributed by atoms with E-state index in [1.165, 1.54) is 6.08 Å². The lowest BCUT2D eigenvalue weighted by atomic mass is 10.0. The summed E-state index contributed by atoms with van der Waals surface area (Å²) in [6.45, 7) is 3.98. The molecule has 1 aliphatic rings. The lowest BCUT2D eigenvalue weighted by molar-refractivity contribution is -0.137. The maximum Gasteiger partial charge on any atom is 0.331 e. The van der Waals surface area contributed by atoms with Crippen LogP contribution in [0.15, 0.2) is 59.5 Å². The fourth-order valence-electron chi connectivity index (χ4n) is 3.28. The molecule has 0 aromatic heterocycles. The highest BCUT2D eigenvalue weighted by atomic mass is 32.2. The Balaban J connectivity index is 1.73. The Labute approximate surface area is 160 Å². The number of allylic oxidation sites excluding steroid dienone is 1. The zero-order valence-electron chi connectivity index (χ0n) is 15.4. The van der Waals surface area contributed by atoms with Crippen LogP contribution in [-0.2, 0) is 32.4 Å². The lowest BCUT2D eigenvalue weighted by Crippen LogP contribution is -2.35. The number of benzene rings is 2. The predicted molar refractivity (Wildman–Crippen MR) is 105 cm³/mol. The number of rotatable bonds is 6. The molecule has 3 rings (SSSR count). The SMILES string of the molecule is CCOC(=O)/C=C(/C)c1ccc2c(c1)CC(NS(=O)(=O)c1ccccc1)C2. The number of ether oxygens (including phenoxy) is 1. The second-order valence-electron chi connectivity index (χ2n) is 6.60. The minimum atomic E-state index is -3.53. The zero-order chi connectivity index (χ0) is 19.4. The van der Waals surface area contributed by atoms with Crippen molar-refractivity contribution in [1.82, 2.24) is 4.72 Å². The highest BCUT2D eigenvalue weighted by Crippen LogP contribution is 2.27. The summed E-state index contributed by atoms with van der Waals surface area (Å²) < 4.78 is 32.8. The van der Waals surface area contributed by atoms with E-state index in [1.807, 2.05) is 25.1 Å². The standard InChI is InChI=1S/C21H23NO4S/c1-3-26-21(23)11-15(2)16-9-10-17-13-19(14-18(17)12-16)22-27(24,25)20-7-5-4-6-8-20/h4-12,19,22H,3,13-14H2,1-2H3/b15-11-. The van der Waals surface area contributed by atoms with Crippen LogP contribution in [0.4, 0.5) is 0 Å². The number of nitrogens with one attached hydrogen (secondary N) is 1. The van der Waals surface area contributed by atoms with Crippen molar-refractivity contribution in [3.05, 3.63) is 71.3 Å². The van der Waals surface area contributed by atoms with Crippen LogP contribution >= 0.6 is 0 Å². The van der Waals surface area contributed by atoms with Gasteiger partial charge in [-0.15, -0.1) is 0 Å². The number of carbonyl (C=O) groups is 1. The average molecular weight is 385 g/mol. The van der Waals surface area contributed by atoms with Gasteiger partial charge in [-0.3, -0.25) is 0 Å². The van der Waals surface area contributed by atoms with Crippen molar-refractivity contribution in [2.24, 2.45) is 0 Å². The molecule has 0 radical (unpaired) electrons. The smallest absolute Gasteiger partial charge is 0.331 e. The van der Waals surface area contributed by atoms with Gasteiger partial charge in [0, 0.05) is 12.1 Å². The average Bonchev–Trinajstić information content (AvgIpc) is 3.03. The van der Waals surface area contributed by atoms with Gasteiger partial charge in [0.1, 0.15) is 0 Å². The first kappa shape index (κ1) is 19.3. The van der Waals surface area contributed by atoms with Crippen molar-refractivity contribution >= 4 is 21.6 Å². The molecule has 1 unspecified atom stereocenters. The first-order valence-corrected chi connectivity index (χ1v) is 10.4. The molecule has 0 fully saturated rings. The summed E-state index contributed by atoms with van der Waals surface area (Å²) in [6.07, 6.45) is 2.76. The third kappa shape index (κ3) is 4.64. The van der Waals surface area contributed by atoms with E-state index in [1.54, 1.807) is 37.3 Å². The van der Waals surface area contributed by atoms with Gasteiger partial charge >= 0.3 is 5.97 Å². The number of carbonyl (C=O) groups excluding carboxylic acids is 1. The monoisotopic (exact) mass is 385 g/mol. The van der Waals surface area contributed by atoms with E-state index in [4.69, 9.17) is 4.74 Å². The summed E-state index contributed by atoms with van der Waals surface area (Å²) in [4.78, 5) is 11.9. The minimum absolute atomic E-state index is 0.171. The van der Waals surface area contributed by atoms with Gasteiger partial charge in [0.05, 0.1) is 11.5 Å². The normalized spacial score (nSPS) is 16.8. The van der Waals surface area contributed by atoms with Crippen LogP contribution in [-0.4, -0.2) is 27.0 Å². The van der Waals surface area contributed by atoms with E-state index in [-0.39, 0.29) is 16.9 Å². The van der Waals surface area contributed by atoms with Crippen LogP contribution in [0.3, 0.4) is 0 Å². The third-order valence-electron chi connectivity index (χ3n) is 4.59. The molecule has 0 saturated heterocycles. The number of sulfonamides is 1. The van der Waals surface area contributed by atoms with E-state index < -0.39 is 10.0 Å². The Morgan fingerprint density at radius 3 is 2.56 bits per heavy atom. The van der Waals surface area contributed by atoms with Crippen molar-refractivity contribution < 1.29 is 17.9 Å². The number of hydrogen-bond acceptors (Lipinski definition) is 4. The molecule has 1 N–H and O–H groups in total. The quantitative estimate of drug-likeness (QED) is 0.613. The fraction of sp³-hybridized carbons (Fsp3) is 0.286. The maximum absolute atomic E-state index is 12.5. The molecule has 1 aliphatic carbocycles. The van der Waals surface area contributed by atoms with E-state index in [9.17, 15) is 13.2 Å². The fourth-order valence-corrected chi connectivity index (χ4v) is 4.53. The van der Waals surface area contributed by atoms with Crippen LogP contribution in [0.25, 0.3) is 5.57 Å². The first-order valence-electron chi connectivity index (χ1n) is 8.93. The Morgan fingerprint density at radius 2 is 1.85 bits per heavy atom. The van der Waals surface area contributed by atoms with Gasteiger partial charge < -0.3 is 4.74 Å². The Morgan fingerprint density at radius 1 is 1.15 bits per heavy atom. The van der Waals surface area contributed by atoms with Crippen molar-refractivity contribution in [2.45, 2.75) is 37.6 Å². The molecule has 0 spiro atoms. The lowest BCUT2D eigenvalue weighted by Gasteiger charge is -2.12. The maximum atomic E-state index is 12.5. The number of esters is 1.